The van der Waals surface area contributed by atoms with Crippen molar-refractivity contribution in [3.63, 3.8) is 0 Å². The molecule has 3 heteroatoms. The van der Waals surface area contributed by atoms with E-state index < -0.39 is 5.82 Å². The average Bonchev–Trinajstić information content (AvgIpc) is 2.29. The zero-order valence-corrected chi connectivity index (χ0v) is 10.0. The van der Waals surface area contributed by atoms with Gasteiger partial charge >= 0.3 is 0 Å². The Bertz CT molecular complexity index is 436. The van der Waals surface area contributed by atoms with Gasteiger partial charge in [0.15, 0.2) is 0 Å². The number of anilines is 1. The van der Waals surface area contributed by atoms with Gasteiger partial charge in [0.05, 0.1) is 5.69 Å². The number of hydrogen-bond acceptors (Lipinski definition) is 2. The van der Waals surface area contributed by atoms with Crippen LogP contribution in [0.2, 0.25) is 0 Å². The fraction of sp³-hybridized carbons (Fsp3) is 0.500. The van der Waals surface area contributed by atoms with Gasteiger partial charge in [-0.3, -0.25) is 0 Å². The maximum absolute atomic E-state index is 13.4. The number of hydrogen-bond donors (Lipinski definition) is 1. The summed E-state index contributed by atoms with van der Waals surface area (Å²) in [5.41, 5.74) is 0.761. The fourth-order valence-electron chi connectivity index (χ4n) is 2.54. The van der Waals surface area contributed by atoms with Crippen LogP contribution >= 0.6 is 0 Å². The molecule has 1 aliphatic rings. The molecule has 1 saturated carbocycles. The van der Waals surface area contributed by atoms with E-state index in [0.29, 0.717) is 17.6 Å². The molecule has 0 bridgehead atoms. The molecule has 2 unspecified atom stereocenters. The van der Waals surface area contributed by atoms with Crippen molar-refractivity contribution in [2.75, 3.05) is 5.32 Å². The second-order valence-electron chi connectivity index (χ2n) is 4.89. The molecule has 1 N–H and O–H groups in total. The predicted octanol–water partition coefficient (Wildman–Crippen LogP) is 3.69. The monoisotopic (exact) mass is 232 g/mol. The molecular weight excluding hydrogens is 215 g/mol. The van der Waals surface area contributed by atoms with Gasteiger partial charge < -0.3 is 5.32 Å². The van der Waals surface area contributed by atoms with Gasteiger partial charge in [0.1, 0.15) is 17.4 Å². The molecular formula is C14H17FN2. The van der Waals surface area contributed by atoms with Crippen LogP contribution < -0.4 is 5.32 Å². The van der Waals surface area contributed by atoms with E-state index in [1.807, 2.05) is 6.07 Å². The van der Waals surface area contributed by atoms with E-state index in [0.717, 1.165) is 12.8 Å². The standard InChI is InChI=1S/C14H17FN2/c1-10-4-2-5-11(8-10)17-14-7-3-6-13(15)12(14)9-16/h3,6-7,10-11,17H,2,4-5,8H2,1H3. The summed E-state index contributed by atoms with van der Waals surface area (Å²) < 4.78 is 13.4. The normalized spacial score (nSPS) is 24.1. The Kier molecular flexibility index (Phi) is 3.63. The molecule has 1 aromatic rings. The number of nitrogens with one attached hydrogen (secondary N) is 1. The van der Waals surface area contributed by atoms with Crippen LogP contribution in [0.3, 0.4) is 0 Å². The maximum Gasteiger partial charge on any atom is 0.143 e. The van der Waals surface area contributed by atoms with Crippen molar-refractivity contribution >= 4 is 5.69 Å². The maximum atomic E-state index is 13.4. The summed E-state index contributed by atoms with van der Waals surface area (Å²) in [5, 5.41) is 12.3. The second-order valence-corrected chi connectivity index (χ2v) is 4.89. The van der Waals surface area contributed by atoms with E-state index in [2.05, 4.69) is 12.2 Å². The molecule has 1 fully saturated rings. The molecule has 2 rings (SSSR count). The van der Waals surface area contributed by atoms with Gasteiger partial charge in [0.2, 0.25) is 0 Å². The number of nitriles is 1. The van der Waals surface area contributed by atoms with E-state index in [1.165, 1.54) is 18.9 Å². The number of nitrogens with zero attached hydrogens (tertiary/aromatic N) is 1. The van der Waals surface area contributed by atoms with E-state index in [4.69, 9.17) is 5.26 Å². The Morgan fingerprint density at radius 1 is 1.41 bits per heavy atom. The molecule has 1 aliphatic carbocycles. The van der Waals surface area contributed by atoms with E-state index in [9.17, 15) is 4.39 Å². The Morgan fingerprint density at radius 2 is 2.24 bits per heavy atom. The second kappa shape index (κ2) is 5.18. The third kappa shape index (κ3) is 2.76. The lowest BCUT2D eigenvalue weighted by Crippen LogP contribution is -2.26. The quantitative estimate of drug-likeness (QED) is 0.844. The highest BCUT2D eigenvalue weighted by atomic mass is 19.1. The topological polar surface area (TPSA) is 35.8 Å². The van der Waals surface area contributed by atoms with Gasteiger partial charge in [-0.05, 0) is 30.9 Å². The molecule has 0 radical (unpaired) electrons. The van der Waals surface area contributed by atoms with Crippen LogP contribution in [-0.4, -0.2) is 6.04 Å². The fourth-order valence-corrected chi connectivity index (χ4v) is 2.54. The third-order valence-corrected chi connectivity index (χ3v) is 3.42. The van der Waals surface area contributed by atoms with Gasteiger partial charge in [-0.25, -0.2) is 4.39 Å². The molecule has 2 nitrogen and oxygen atoms in total. The van der Waals surface area contributed by atoms with Gasteiger partial charge in [0, 0.05) is 6.04 Å². The lowest BCUT2D eigenvalue weighted by Gasteiger charge is -2.28. The molecule has 0 heterocycles. The molecule has 0 amide bonds. The molecule has 0 saturated heterocycles. The van der Waals surface area contributed by atoms with Crippen LogP contribution in [0.1, 0.15) is 38.2 Å². The van der Waals surface area contributed by atoms with Crippen molar-refractivity contribution in [3.8, 4) is 6.07 Å². The molecule has 17 heavy (non-hydrogen) atoms. The van der Waals surface area contributed by atoms with Crippen LogP contribution in [0.5, 0.6) is 0 Å². The highest BCUT2D eigenvalue weighted by molar-refractivity contribution is 5.58. The first-order chi connectivity index (χ1) is 8.20. The van der Waals surface area contributed by atoms with Crippen LogP contribution in [0.4, 0.5) is 10.1 Å². The largest absolute Gasteiger partial charge is 0.381 e. The van der Waals surface area contributed by atoms with E-state index in [-0.39, 0.29) is 5.56 Å². The van der Waals surface area contributed by atoms with Gasteiger partial charge in [-0.15, -0.1) is 0 Å². The Labute approximate surface area is 101 Å². The van der Waals surface area contributed by atoms with Gasteiger partial charge in [-0.2, -0.15) is 5.26 Å². The molecule has 0 spiro atoms. The number of rotatable bonds is 2. The van der Waals surface area contributed by atoms with Crippen molar-refractivity contribution in [2.24, 2.45) is 5.92 Å². The average molecular weight is 232 g/mol. The van der Waals surface area contributed by atoms with Crippen molar-refractivity contribution < 1.29 is 4.39 Å². The predicted molar refractivity (Wildman–Crippen MR) is 66.2 cm³/mol. The van der Waals surface area contributed by atoms with Crippen molar-refractivity contribution in [2.45, 2.75) is 38.6 Å². The lowest BCUT2D eigenvalue weighted by molar-refractivity contribution is 0.358. The minimum absolute atomic E-state index is 0.130. The highest BCUT2D eigenvalue weighted by Gasteiger charge is 2.20. The first kappa shape index (κ1) is 11.9. The Morgan fingerprint density at radius 3 is 2.94 bits per heavy atom. The van der Waals surface area contributed by atoms with Gasteiger partial charge in [-0.1, -0.05) is 25.8 Å². The van der Waals surface area contributed by atoms with E-state index in [1.54, 1.807) is 12.1 Å². The summed E-state index contributed by atoms with van der Waals surface area (Å²) >= 11 is 0. The molecule has 1 aromatic carbocycles. The van der Waals surface area contributed by atoms with Crippen molar-refractivity contribution in [1.29, 1.82) is 5.26 Å². The zero-order valence-electron chi connectivity index (χ0n) is 10.0. The van der Waals surface area contributed by atoms with Crippen LogP contribution in [0.15, 0.2) is 18.2 Å². The van der Waals surface area contributed by atoms with Gasteiger partial charge in [0.25, 0.3) is 0 Å². The summed E-state index contributed by atoms with van der Waals surface area (Å²) in [7, 11) is 0. The third-order valence-electron chi connectivity index (χ3n) is 3.42. The Balaban J connectivity index is 2.13. The summed E-state index contributed by atoms with van der Waals surface area (Å²) in [4.78, 5) is 0. The first-order valence-corrected chi connectivity index (χ1v) is 6.16. The minimum atomic E-state index is -0.443. The van der Waals surface area contributed by atoms with Crippen molar-refractivity contribution in [1.82, 2.24) is 0 Å². The highest BCUT2D eigenvalue weighted by Crippen LogP contribution is 2.27. The number of benzene rings is 1. The molecule has 0 aliphatic heterocycles. The molecule has 2 atom stereocenters. The smallest absolute Gasteiger partial charge is 0.143 e. The van der Waals surface area contributed by atoms with Crippen LogP contribution in [-0.2, 0) is 0 Å². The summed E-state index contributed by atoms with van der Waals surface area (Å²) in [5.74, 6) is 0.265. The minimum Gasteiger partial charge on any atom is -0.381 e. The van der Waals surface area contributed by atoms with Crippen LogP contribution in [0.25, 0.3) is 0 Å². The number of halogens is 1. The SMILES string of the molecule is CC1CCCC(Nc2cccc(F)c2C#N)C1. The summed E-state index contributed by atoms with van der Waals surface area (Å²) in [6.45, 7) is 2.24. The lowest BCUT2D eigenvalue weighted by atomic mass is 9.87. The van der Waals surface area contributed by atoms with Crippen LogP contribution in [0, 0.1) is 23.1 Å². The first-order valence-electron chi connectivity index (χ1n) is 6.16. The Hall–Kier alpha value is -1.56. The van der Waals surface area contributed by atoms with E-state index >= 15 is 0 Å². The molecule has 90 valence electrons. The summed E-state index contributed by atoms with van der Waals surface area (Å²) in [6, 6.07) is 7.04. The molecule has 0 aromatic heterocycles. The summed E-state index contributed by atoms with van der Waals surface area (Å²) in [6.07, 6.45) is 4.68. The van der Waals surface area contributed by atoms with Crippen molar-refractivity contribution in [3.05, 3.63) is 29.6 Å². The zero-order chi connectivity index (χ0) is 12.3.